The van der Waals surface area contributed by atoms with Crippen molar-refractivity contribution < 1.29 is 0 Å². The zero-order chi connectivity index (χ0) is 19.7. The first kappa shape index (κ1) is 19.1. The van der Waals surface area contributed by atoms with Gasteiger partial charge in [0.2, 0.25) is 0 Å². The molecular weight excluding hydrogens is 387 g/mol. The predicted molar refractivity (Wildman–Crippen MR) is 122 cm³/mol. The quantitative estimate of drug-likeness (QED) is 0.439. The monoisotopic (exact) mass is 412 g/mol. The SMILES string of the molecule is CC1=C(Cl)c2c(C)cccc2C1[Si](C)(C)C1C(C)=C(Cl)c2c(C)cccc21. The van der Waals surface area contributed by atoms with Crippen LogP contribution in [-0.2, 0) is 0 Å². The van der Waals surface area contributed by atoms with Crippen LogP contribution >= 0.6 is 23.2 Å². The lowest BCUT2D eigenvalue weighted by molar-refractivity contribution is 0.966. The second kappa shape index (κ2) is 6.37. The molecule has 3 heteroatoms. The van der Waals surface area contributed by atoms with Crippen LogP contribution < -0.4 is 0 Å². The van der Waals surface area contributed by atoms with Gasteiger partial charge in [0, 0.05) is 21.1 Å². The topological polar surface area (TPSA) is 0 Å². The Labute approximate surface area is 173 Å². The maximum absolute atomic E-state index is 6.86. The molecule has 0 radical (unpaired) electrons. The zero-order valence-corrected chi connectivity index (χ0v) is 19.4. The lowest BCUT2D eigenvalue weighted by Crippen LogP contribution is -2.42. The second-order valence-electron chi connectivity index (χ2n) is 8.76. The van der Waals surface area contributed by atoms with Crippen LogP contribution in [0, 0.1) is 13.8 Å². The first-order valence-electron chi connectivity index (χ1n) is 9.60. The van der Waals surface area contributed by atoms with Gasteiger partial charge in [0.05, 0.1) is 8.07 Å². The van der Waals surface area contributed by atoms with Crippen molar-refractivity contribution in [3.05, 3.63) is 80.9 Å². The van der Waals surface area contributed by atoms with Gasteiger partial charge in [0.25, 0.3) is 0 Å². The fraction of sp³-hybridized carbons (Fsp3) is 0.333. The lowest BCUT2D eigenvalue weighted by atomic mass is 10.0. The number of allylic oxidation sites excluding steroid dienone is 2. The van der Waals surface area contributed by atoms with Gasteiger partial charge in [-0.1, -0.05) is 72.7 Å². The van der Waals surface area contributed by atoms with Gasteiger partial charge in [-0.2, -0.15) is 0 Å². The van der Waals surface area contributed by atoms with E-state index in [0.717, 1.165) is 10.1 Å². The van der Waals surface area contributed by atoms with Gasteiger partial charge >= 0.3 is 0 Å². The van der Waals surface area contributed by atoms with Gasteiger partial charge in [-0.25, -0.2) is 0 Å². The average Bonchev–Trinajstić information content (AvgIpc) is 3.02. The minimum absolute atomic E-state index is 0.413. The van der Waals surface area contributed by atoms with Crippen molar-refractivity contribution in [2.45, 2.75) is 51.9 Å². The largest absolute Gasteiger partial charge is 0.0837 e. The van der Waals surface area contributed by atoms with E-state index in [0.29, 0.717) is 11.1 Å². The Hall–Kier alpha value is -1.28. The molecule has 0 bridgehead atoms. The number of fused-ring (bicyclic) bond motifs is 2. The molecule has 0 saturated heterocycles. The molecule has 0 nitrogen and oxygen atoms in total. The minimum Gasteiger partial charge on any atom is -0.0837 e. The molecule has 2 atom stereocenters. The van der Waals surface area contributed by atoms with Crippen LogP contribution in [0.15, 0.2) is 47.5 Å². The third-order valence-corrected chi connectivity index (χ3v) is 12.2. The van der Waals surface area contributed by atoms with Gasteiger partial charge < -0.3 is 0 Å². The first-order valence-corrected chi connectivity index (χ1v) is 13.5. The average molecular weight is 413 g/mol. The predicted octanol–water partition coefficient (Wildman–Crippen LogP) is 7.92. The highest BCUT2D eigenvalue weighted by Crippen LogP contribution is 2.57. The van der Waals surface area contributed by atoms with Crippen molar-refractivity contribution in [3.63, 3.8) is 0 Å². The van der Waals surface area contributed by atoms with E-state index in [9.17, 15) is 0 Å². The summed E-state index contributed by atoms with van der Waals surface area (Å²) in [4.78, 5) is 0. The molecule has 0 spiro atoms. The summed E-state index contributed by atoms with van der Waals surface area (Å²) in [6.07, 6.45) is 0. The fourth-order valence-electron chi connectivity index (χ4n) is 5.66. The van der Waals surface area contributed by atoms with Crippen LogP contribution in [0.25, 0.3) is 10.1 Å². The molecule has 0 amide bonds. The van der Waals surface area contributed by atoms with E-state index < -0.39 is 8.07 Å². The van der Waals surface area contributed by atoms with Crippen LogP contribution in [0.3, 0.4) is 0 Å². The van der Waals surface area contributed by atoms with Crippen LogP contribution in [0.2, 0.25) is 13.1 Å². The molecule has 27 heavy (non-hydrogen) atoms. The molecule has 2 aromatic carbocycles. The number of hydrogen-bond acceptors (Lipinski definition) is 0. The molecule has 0 aromatic heterocycles. The molecule has 0 aliphatic heterocycles. The standard InChI is InChI=1S/C24H26Cl2Si/c1-13-9-7-11-17-19(13)21(25)15(3)23(17)27(5,6)24-16(4)22(26)20-14(2)10-8-12-18(20)24/h7-12,23-24H,1-6H3. The Morgan fingerprint density at radius 1 is 0.667 bits per heavy atom. The molecular formula is C24H26Cl2Si. The van der Waals surface area contributed by atoms with Crippen molar-refractivity contribution in [2.75, 3.05) is 0 Å². The van der Waals surface area contributed by atoms with Gasteiger partial charge in [-0.3, -0.25) is 0 Å². The highest BCUT2D eigenvalue weighted by atomic mass is 35.5. The smallest absolute Gasteiger partial charge is 0.0723 e. The van der Waals surface area contributed by atoms with E-state index in [1.807, 2.05) is 0 Å². The Morgan fingerprint density at radius 3 is 1.41 bits per heavy atom. The van der Waals surface area contributed by atoms with E-state index in [1.54, 1.807) is 0 Å². The summed E-state index contributed by atoms with van der Waals surface area (Å²) < 4.78 is 0. The summed E-state index contributed by atoms with van der Waals surface area (Å²) in [5, 5.41) is 1.92. The maximum atomic E-state index is 6.86. The van der Waals surface area contributed by atoms with Crippen molar-refractivity contribution in [1.29, 1.82) is 0 Å². The molecule has 2 aromatic rings. The van der Waals surface area contributed by atoms with Crippen LogP contribution in [-0.4, -0.2) is 8.07 Å². The number of rotatable bonds is 2. The molecule has 0 N–H and O–H groups in total. The molecule has 2 aliphatic rings. The zero-order valence-electron chi connectivity index (χ0n) is 16.9. The van der Waals surface area contributed by atoms with Crippen LogP contribution in [0.4, 0.5) is 0 Å². The van der Waals surface area contributed by atoms with Crippen molar-refractivity contribution in [3.8, 4) is 0 Å². The molecule has 140 valence electrons. The summed E-state index contributed by atoms with van der Waals surface area (Å²) in [6, 6.07) is 13.3. The van der Waals surface area contributed by atoms with Crippen molar-refractivity contribution in [2.24, 2.45) is 0 Å². The number of halogens is 2. The van der Waals surface area contributed by atoms with E-state index in [-0.39, 0.29) is 0 Å². The van der Waals surface area contributed by atoms with Crippen molar-refractivity contribution in [1.82, 2.24) is 0 Å². The molecule has 0 fully saturated rings. The molecule has 0 heterocycles. The Balaban J connectivity index is 1.92. The molecule has 2 aliphatic carbocycles. The van der Waals surface area contributed by atoms with E-state index in [2.05, 4.69) is 77.2 Å². The first-order chi connectivity index (χ1) is 12.7. The van der Waals surface area contributed by atoms with Crippen molar-refractivity contribution >= 4 is 41.3 Å². The lowest BCUT2D eigenvalue weighted by Gasteiger charge is -2.39. The van der Waals surface area contributed by atoms with Crippen LogP contribution in [0.5, 0.6) is 0 Å². The van der Waals surface area contributed by atoms with E-state index >= 15 is 0 Å². The highest BCUT2D eigenvalue weighted by molar-refractivity contribution is 6.82. The van der Waals surface area contributed by atoms with Crippen LogP contribution in [0.1, 0.15) is 58.3 Å². The summed E-state index contributed by atoms with van der Waals surface area (Å²) >= 11 is 13.7. The Bertz CT molecular complexity index is 945. The molecule has 2 unspecified atom stereocenters. The number of hydrogen-bond donors (Lipinski definition) is 0. The normalized spacial score (nSPS) is 21.8. The van der Waals surface area contributed by atoms with Gasteiger partial charge in [0.15, 0.2) is 0 Å². The second-order valence-corrected chi connectivity index (χ2v) is 14.3. The fourth-order valence-corrected chi connectivity index (χ4v) is 11.5. The third kappa shape index (κ3) is 2.55. The summed E-state index contributed by atoms with van der Waals surface area (Å²) in [5.41, 5.74) is 11.4. The Kier molecular flexibility index (Phi) is 4.49. The maximum Gasteiger partial charge on any atom is 0.0723 e. The molecule has 4 rings (SSSR count). The van der Waals surface area contributed by atoms with Gasteiger partial charge in [-0.15, -0.1) is 0 Å². The number of aryl methyl sites for hydroxylation is 2. The highest BCUT2D eigenvalue weighted by Gasteiger charge is 2.49. The summed E-state index contributed by atoms with van der Waals surface area (Å²) in [7, 11) is -1.88. The van der Waals surface area contributed by atoms with E-state index in [1.165, 1.54) is 44.5 Å². The van der Waals surface area contributed by atoms with E-state index in [4.69, 9.17) is 23.2 Å². The van der Waals surface area contributed by atoms with Gasteiger partial charge in [0.1, 0.15) is 0 Å². The Morgan fingerprint density at radius 2 is 1.04 bits per heavy atom. The number of benzene rings is 2. The summed E-state index contributed by atoms with van der Waals surface area (Å²) in [5.74, 6) is 0. The minimum atomic E-state index is -1.88. The molecule has 0 saturated carbocycles. The summed E-state index contributed by atoms with van der Waals surface area (Å²) in [6.45, 7) is 13.8. The third-order valence-electron chi connectivity index (χ3n) is 6.72. The van der Waals surface area contributed by atoms with Gasteiger partial charge in [-0.05, 0) is 72.2 Å².